The number of halogens is 1. The highest BCUT2D eigenvalue weighted by molar-refractivity contribution is 7.09. The van der Waals surface area contributed by atoms with Crippen LogP contribution in [0, 0.1) is 0 Å². The van der Waals surface area contributed by atoms with Gasteiger partial charge in [-0.2, -0.15) is 0 Å². The summed E-state index contributed by atoms with van der Waals surface area (Å²) in [6.45, 7) is 2.14. The second-order valence-corrected chi connectivity index (χ2v) is 9.18. The number of imide groups is 1. The minimum Gasteiger partial charge on any atom is -0.462 e. The van der Waals surface area contributed by atoms with Gasteiger partial charge < -0.3 is 15.0 Å². The Morgan fingerprint density at radius 1 is 1.09 bits per heavy atom. The van der Waals surface area contributed by atoms with Crippen molar-refractivity contribution in [3.63, 3.8) is 0 Å². The molecule has 0 saturated carbocycles. The Kier molecular flexibility index (Phi) is 7.48. The van der Waals surface area contributed by atoms with Gasteiger partial charge in [-0.05, 0) is 60.8 Å². The molecule has 1 atom stereocenters. The molecule has 8 nitrogen and oxygen atoms in total. The number of nitrogens with zero attached hydrogens (tertiary/aromatic N) is 2. The van der Waals surface area contributed by atoms with E-state index in [1.165, 1.54) is 22.3 Å². The second-order valence-electron chi connectivity index (χ2n) is 7.71. The Labute approximate surface area is 211 Å². The van der Waals surface area contributed by atoms with Gasteiger partial charge in [0.15, 0.2) is 0 Å². The number of rotatable bonds is 8. The van der Waals surface area contributed by atoms with Crippen LogP contribution in [0.25, 0.3) is 0 Å². The molecule has 0 aliphatic carbocycles. The van der Waals surface area contributed by atoms with Crippen LogP contribution in [-0.2, 0) is 20.9 Å². The number of carbonyl (C=O) groups excluding carboxylic acids is 4. The van der Waals surface area contributed by atoms with E-state index in [4.69, 9.17) is 16.3 Å². The summed E-state index contributed by atoms with van der Waals surface area (Å²) >= 11 is 7.42. The highest BCUT2D eigenvalue weighted by atomic mass is 35.5. The third-order valence-electron chi connectivity index (χ3n) is 5.35. The Bertz CT molecular complexity index is 1250. The van der Waals surface area contributed by atoms with Crippen LogP contribution in [0.5, 0.6) is 0 Å². The lowest BCUT2D eigenvalue weighted by atomic mass is 10.1. The van der Waals surface area contributed by atoms with E-state index in [9.17, 15) is 19.2 Å². The van der Waals surface area contributed by atoms with E-state index in [-0.39, 0.29) is 19.6 Å². The normalized spacial score (nSPS) is 15.4. The first-order valence-corrected chi connectivity index (χ1v) is 12.1. The molecule has 10 heteroatoms. The van der Waals surface area contributed by atoms with E-state index >= 15 is 0 Å². The molecule has 1 saturated heterocycles. The molecule has 2 aromatic carbocycles. The average molecular weight is 512 g/mol. The van der Waals surface area contributed by atoms with Crippen LogP contribution < -0.4 is 10.2 Å². The zero-order chi connectivity index (χ0) is 24.9. The maximum Gasteiger partial charge on any atom is 0.338 e. The molecule has 0 bridgehead atoms. The molecule has 1 aromatic heterocycles. The van der Waals surface area contributed by atoms with Gasteiger partial charge in [0.2, 0.25) is 5.91 Å². The largest absolute Gasteiger partial charge is 0.462 e. The number of hydrogen-bond acceptors (Lipinski definition) is 6. The Morgan fingerprint density at radius 3 is 2.54 bits per heavy atom. The quantitative estimate of drug-likeness (QED) is 0.341. The number of carbonyl (C=O) groups is 4. The SMILES string of the molecule is CCOC(=O)c1cccc(NC(=O)CC2C(=O)N(c3ccc(Cl)cc3)C(=O)N2Cc2cccs2)c1. The minimum atomic E-state index is -0.992. The van der Waals surface area contributed by atoms with E-state index in [0.29, 0.717) is 22.0 Å². The summed E-state index contributed by atoms with van der Waals surface area (Å²) in [5, 5.41) is 5.07. The number of urea groups is 1. The van der Waals surface area contributed by atoms with Gasteiger partial charge in [-0.25, -0.2) is 14.5 Å². The molecular weight excluding hydrogens is 490 g/mol. The van der Waals surface area contributed by atoms with Crippen molar-refractivity contribution in [2.75, 3.05) is 16.8 Å². The van der Waals surface area contributed by atoms with Crippen LogP contribution in [0.1, 0.15) is 28.6 Å². The van der Waals surface area contributed by atoms with E-state index < -0.39 is 29.9 Å². The zero-order valence-corrected chi connectivity index (χ0v) is 20.3. The fraction of sp³-hybridized carbons (Fsp3) is 0.200. The molecule has 0 spiro atoms. The van der Waals surface area contributed by atoms with Crippen molar-refractivity contribution >= 4 is 58.1 Å². The zero-order valence-electron chi connectivity index (χ0n) is 18.8. The molecule has 4 rings (SSSR count). The lowest BCUT2D eigenvalue weighted by molar-refractivity contribution is -0.124. The van der Waals surface area contributed by atoms with Gasteiger partial charge in [-0.1, -0.05) is 23.7 Å². The van der Waals surface area contributed by atoms with E-state index in [1.54, 1.807) is 49.4 Å². The van der Waals surface area contributed by atoms with Crippen molar-refractivity contribution in [3.05, 3.63) is 81.5 Å². The lowest BCUT2D eigenvalue weighted by Crippen LogP contribution is -2.37. The monoisotopic (exact) mass is 511 g/mol. The number of ether oxygens (including phenoxy) is 1. The van der Waals surface area contributed by atoms with Crippen molar-refractivity contribution in [1.82, 2.24) is 4.90 Å². The molecule has 0 radical (unpaired) electrons. The summed E-state index contributed by atoms with van der Waals surface area (Å²) in [6.07, 6.45) is -0.246. The summed E-state index contributed by atoms with van der Waals surface area (Å²) in [4.78, 5) is 54.9. The Hall–Kier alpha value is -3.69. The van der Waals surface area contributed by atoms with Gasteiger partial charge in [0.05, 0.1) is 30.8 Å². The van der Waals surface area contributed by atoms with E-state index in [0.717, 1.165) is 9.78 Å². The van der Waals surface area contributed by atoms with E-state index in [2.05, 4.69) is 5.32 Å². The number of hydrogen-bond donors (Lipinski definition) is 1. The first kappa shape index (κ1) is 24.4. The lowest BCUT2D eigenvalue weighted by Gasteiger charge is -2.21. The van der Waals surface area contributed by atoms with Crippen LogP contribution >= 0.6 is 22.9 Å². The fourth-order valence-electron chi connectivity index (χ4n) is 3.74. The molecule has 1 unspecified atom stereocenters. The van der Waals surface area contributed by atoms with Crippen molar-refractivity contribution in [1.29, 1.82) is 0 Å². The van der Waals surface area contributed by atoms with Gasteiger partial charge in [0.1, 0.15) is 6.04 Å². The molecule has 1 fully saturated rings. The average Bonchev–Trinajstić information content (AvgIpc) is 3.43. The molecular formula is C25H22ClN3O5S. The standard InChI is InChI=1S/C25H22ClN3O5S/c1-2-34-24(32)16-5-3-6-18(13-16)27-22(30)14-21-23(31)29(19-10-8-17(26)9-11-19)25(33)28(21)15-20-7-4-12-35-20/h3-13,21H,2,14-15H2,1H3,(H,27,30). The summed E-state index contributed by atoms with van der Waals surface area (Å²) in [6, 6.07) is 14.9. The Morgan fingerprint density at radius 2 is 1.86 bits per heavy atom. The summed E-state index contributed by atoms with van der Waals surface area (Å²) in [5.74, 6) is -1.46. The van der Waals surface area contributed by atoms with Crippen molar-refractivity contribution < 1.29 is 23.9 Å². The molecule has 180 valence electrons. The fourth-order valence-corrected chi connectivity index (χ4v) is 4.57. The predicted molar refractivity (Wildman–Crippen MR) is 134 cm³/mol. The number of esters is 1. The molecule has 35 heavy (non-hydrogen) atoms. The highest BCUT2D eigenvalue weighted by Crippen LogP contribution is 2.30. The summed E-state index contributed by atoms with van der Waals surface area (Å²) in [5.41, 5.74) is 1.06. The van der Waals surface area contributed by atoms with Gasteiger partial charge in [0, 0.05) is 15.6 Å². The molecule has 4 amide bonds. The molecule has 2 heterocycles. The predicted octanol–water partition coefficient (Wildman–Crippen LogP) is 4.94. The number of thiophene rings is 1. The van der Waals surface area contributed by atoms with Gasteiger partial charge in [0.25, 0.3) is 5.91 Å². The Balaban J connectivity index is 1.54. The molecule has 1 N–H and O–H groups in total. The second kappa shape index (κ2) is 10.7. The summed E-state index contributed by atoms with van der Waals surface area (Å²) in [7, 11) is 0. The van der Waals surface area contributed by atoms with Gasteiger partial charge in [-0.3, -0.25) is 9.59 Å². The van der Waals surface area contributed by atoms with Gasteiger partial charge >= 0.3 is 12.0 Å². The van der Waals surface area contributed by atoms with Crippen molar-refractivity contribution in [2.24, 2.45) is 0 Å². The topological polar surface area (TPSA) is 96.0 Å². The van der Waals surface area contributed by atoms with Crippen LogP contribution in [0.4, 0.5) is 16.2 Å². The third kappa shape index (κ3) is 5.52. The van der Waals surface area contributed by atoms with E-state index in [1.807, 2.05) is 17.5 Å². The maximum absolute atomic E-state index is 13.3. The maximum atomic E-state index is 13.3. The number of nitrogens with one attached hydrogen (secondary N) is 1. The number of benzene rings is 2. The first-order chi connectivity index (χ1) is 16.9. The van der Waals surface area contributed by atoms with Crippen LogP contribution in [0.3, 0.4) is 0 Å². The molecule has 1 aliphatic rings. The van der Waals surface area contributed by atoms with Crippen molar-refractivity contribution in [3.8, 4) is 0 Å². The van der Waals surface area contributed by atoms with Crippen molar-refractivity contribution in [2.45, 2.75) is 25.9 Å². The molecule has 3 aromatic rings. The third-order valence-corrected chi connectivity index (χ3v) is 6.46. The van der Waals surface area contributed by atoms with Crippen LogP contribution in [0.2, 0.25) is 5.02 Å². The smallest absolute Gasteiger partial charge is 0.338 e. The van der Waals surface area contributed by atoms with Crippen LogP contribution in [0.15, 0.2) is 66.0 Å². The van der Waals surface area contributed by atoms with Gasteiger partial charge in [-0.15, -0.1) is 11.3 Å². The van der Waals surface area contributed by atoms with Crippen LogP contribution in [-0.4, -0.2) is 41.4 Å². The highest BCUT2D eigenvalue weighted by Gasteiger charge is 2.46. The molecule has 1 aliphatic heterocycles. The first-order valence-electron chi connectivity index (χ1n) is 10.9. The number of anilines is 2. The minimum absolute atomic E-state index is 0.197. The summed E-state index contributed by atoms with van der Waals surface area (Å²) < 4.78 is 4.99. The number of amides is 4.